The molecular formula is C55H55Cl7N16O10. The minimum atomic E-state index is -1.29. The topological polar surface area (TPSA) is 422 Å². The number of halogens is 7. The number of H-pyrrole nitrogens is 4. The van der Waals surface area contributed by atoms with Gasteiger partial charge in [0.05, 0.1) is 63.8 Å². The second-order valence-electron chi connectivity index (χ2n) is 19.4. The largest absolute Gasteiger partial charge is 0.478 e. The molecule has 33 heteroatoms. The molecule has 1 saturated heterocycles. The Kier molecular flexibility index (Phi) is 24.6. The van der Waals surface area contributed by atoms with Crippen molar-refractivity contribution >= 4 is 160 Å². The van der Waals surface area contributed by atoms with Crippen molar-refractivity contribution < 1.29 is 38.8 Å². The number of amides is 1. The highest BCUT2D eigenvalue weighted by Gasteiger charge is 2.33. The number of carboxylic acids is 1. The van der Waals surface area contributed by atoms with Gasteiger partial charge in [-0.25, -0.2) is 44.5 Å². The number of aromatic nitrogens is 10. The fourth-order valence-electron chi connectivity index (χ4n) is 8.12. The molecule has 1 amide bonds. The molecule has 0 spiro atoms. The highest BCUT2D eigenvalue weighted by molar-refractivity contribution is 6.37. The molecule has 3 atom stereocenters. The number of carbonyl (C=O) groups is 3. The predicted octanol–water partition coefficient (Wildman–Crippen LogP) is 10.3. The minimum Gasteiger partial charge on any atom is -0.478 e. The summed E-state index contributed by atoms with van der Waals surface area (Å²) in [4.78, 5) is 77.8. The van der Waals surface area contributed by atoms with Crippen LogP contribution in [0.15, 0.2) is 101 Å². The third kappa shape index (κ3) is 18.3. The van der Waals surface area contributed by atoms with E-state index in [9.17, 15) is 29.1 Å². The van der Waals surface area contributed by atoms with Gasteiger partial charge in [0.1, 0.15) is 53.1 Å². The van der Waals surface area contributed by atoms with Gasteiger partial charge in [0.25, 0.3) is 11.1 Å². The summed E-state index contributed by atoms with van der Waals surface area (Å²) in [6.45, 7) is 10.7. The Balaban J connectivity index is 0.000000171. The van der Waals surface area contributed by atoms with Crippen LogP contribution >= 0.6 is 81.2 Å². The van der Waals surface area contributed by atoms with Gasteiger partial charge in [-0.3, -0.25) is 21.3 Å². The Labute approximate surface area is 533 Å². The summed E-state index contributed by atoms with van der Waals surface area (Å²) in [5, 5.41) is 40.7. The molecule has 2 aromatic carbocycles. The Morgan fingerprint density at radius 1 is 0.727 bits per heavy atom. The number of carboxylic acid groups (broad SMARTS) is 1. The van der Waals surface area contributed by atoms with Crippen molar-refractivity contribution in [2.75, 3.05) is 24.3 Å². The molecule has 10 aromatic rings. The number of carbonyl (C=O) groups excluding carboxylic acids is 2. The van der Waals surface area contributed by atoms with Crippen LogP contribution in [0.2, 0.25) is 36.1 Å². The monoisotopic (exact) mass is 1340 g/mol. The van der Waals surface area contributed by atoms with Crippen molar-refractivity contribution in [3.8, 4) is 0 Å². The SMILES string of the molecule is CC(C)(C)OC(=O)N[C@H]1COCC[C@H]1N.Cc1c[nH]c2c(N)cccc12.Cc1c[nH]c2c(Nc3nc(Cl)cc4cn[nH]c(=O)c34)cccc12.NN.O=C(O)c1ccc(Cl)nc1Cl.O=C1OC(O)c2cc(Cl)nc(Cl)c21.O=c1[nH]ncc2cc(Cl)nc(Cl)c12. The number of aromatic carboxylic acids is 1. The van der Waals surface area contributed by atoms with Gasteiger partial charge in [0, 0.05) is 52.2 Å². The third-order valence-corrected chi connectivity index (χ3v) is 13.8. The van der Waals surface area contributed by atoms with Crippen LogP contribution in [0.3, 0.4) is 0 Å². The standard InChI is InChI=1S/C16H12ClN5O.C10H20N2O3.C9H10N2.C7H3Cl2N3O.C7H3Cl2NO3.C6H3Cl2NO2.H4N2/c1-8-6-18-14-10(8)3-2-4-11(14)20-15-13-9(5-12(17)21-15)7-19-22-16(13)23;1-10(2,3)15-9(13)12-8-6-14-5-4-7(8)11;1-6-5-11-9-7(6)3-2-4-8(9)10;8-4-1-3-2-10-12-7(13)5(3)6(9)11-4;8-3-1-2-4(5(9)10-3)7(12)13-6(2)11;7-4-2-1-3(6(10)11)5(8)9-4;1-2/h2-7,18H,1H3,(H,20,21)(H,22,23);7-8H,4-6,11H2,1-3H3,(H,12,13);2-5,11H,10H2,1H3;1-2H,(H,12,13);1,6,11H;1-2H,(H,10,11);1-2H2/t;7-,8+;;;;;/m.1...../s1. The first-order valence-electron chi connectivity index (χ1n) is 25.5. The Hall–Kier alpha value is -7.96. The molecular weight excluding hydrogens is 1290 g/mol. The van der Waals surface area contributed by atoms with E-state index in [0.717, 1.165) is 39.8 Å². The van der Waals surface area contributed by atoms with Crippen molar-refractivity contribution in [1.82, 2.24) is 55.6 Å². The van der Waals surface area contributed by atoms with Crippen LogP contribution < -0.4 is 44.9 Å². The van der Waals surface area contributed by atoms with Gasteiger partial charge >= 0.3 is 18.0 Å². The second-order valence-corrected chi connectivity index (χ2v) is 22.1. The fraction of sp³-hybridized carbons (Fsp3) is 0.218. The maximum Gasteiger partial charge on any atom is 0.408 e. The second kappa shape index (κ2) is 31.3. The molecule has 8 aromatic heterocycles. The third-order valence-electron chi connectivity index (χ3n) is 12.1. The lowest BCUT2D eigenvalue weighted by molar-refractivity contribution is -0.0548. The molecule has 88 heavy (non-hydrogen) atoms. The number of aryl methyl sites for hydroxylation is 2. The highest BCUT2D eigenvalue weighted by atomic mass is 35.5. The van der Waals surface area contributed by atoms with Crippen LogP contribution in [0.5, 0.6) is 0 Å². The van der Waals surface area contributed by atoms with E-state index >= 15 is 0 Å². The number of para-hydroxylation sites is 2. The van der Waals surface area contributed by atoms with Crippen LogP contribution in [-0.2, 0) is 14.2 Å². The zero-order valence-corrected chi connectivity index (χ0v) is 52.1. The number of hydrogen-bond acceptors (Lipinski definition) is 20. The van der Waals surface area contributed by atoms with Crippen LogP contribution in [0.4, 0.5) is 22.0 Å². The van der Waals surface area contributed by atoms with E-state index in [1.165, 1.54) is 41.4 Å². The maximum absolute atomic E-state index is 12.1. The lowest BCUT2D eigenvalue weighted by Crippen LogP contribution is -2.54. The zero-order chi connectivity index (χ0) is 64.7. The lowest BCUT2D eigenvalue weighted by Gasteiger charge is -2.30. The number of rotatable bonds is 4. The number of ether oxygens (including phenoxy) is 3. The summed E-state index contributed by atoms with van der Waals surface area (Å²) in [6, 6.07) is 18.8. The van der Waals surface area contributed by atoms with Crippen molar-refractivity contribution in [3.63, 3.8) is 0 Å². The first kappa shape index (κ1) is 69.1. The fourth-order valence-corrected chi connectivity index (χ4v) is 9.81. The van der Waals surface area contributed by atoms with E-state index in [2.05, 4.69) is 90.3 Å². The molecule has 2 aliphatic heterocycles. The molecule has 0 radical (unpaired) electrons. The number of anilines is 3. The van der Waals surface area contributed by atoms with Crippen molar-refractivity contribution in [3.05, 3.63) is 176 Å². The number of nitrogens with one attached hydrogen (secondary N) is 6. The molecule has 0 bridgehead atoms. The summed E-state index contributed by atoms with van der Waals surface area (Å²) >= 11 is 39.5. The van der Waals surface area contributed by atoms with Gasteiger partial charge in [-0.2, -0.15) is 10.2 Å². The quantitative estimate of drug-likeness (QED) is 0.0256. The number of alkyl carbamates (subject to hydrolysis) is 1. The first-order chi connectivity index (χ1) is 41.7. The van der Waals surface area contributed by atoms with Crippen molar-refractivity contribution in [1.29, 1.82) is 0 Å². The Morgan fingerprint density at radius 2 is 1.28 bits per heavy atom. The average Bonchev–Trinajstić information content (AvgIpc) is 1.89. The number of aliphatic hydroxyl groups excluding tert-OH is 1. The molecule has 464 valence electrons. The number of nitrogens with zero attached hydrogens (tertiary/aromatic N) is 6. The van der Waals surface area contributed by atoms with Gasteiger partial charge in [-0.05, 0) is 94.6 Å². The number of aromatic amines is 4. The predicted molar refractivity (Wildman–Crippen MR) is 340 cm³/mol. The van der Waals surface area contributed by atoms with E-state index in [4.69, 9.17) is 107 Å². The molecule has 12 rings (SSSR count). The maximum atomic E-state index is 12.1. The Bertz CT molecular complexity index is 4260. The number of fused-ring (bicyclic) bond motifs is 5. The van der Waals surface area contributed by atoms with Crippen LogP contribution in [0.1, 0.15) is 70.9 Å². The molecule has 0 aliphatic carbocycles. The minimum absolute atomic E-state index is 0.0453. The zero-order valence-electron chi connectivity index (χ0n) is 46.8. The normalized spacial score (nSPS) is 14.7. The molecule has 10 heterocycles. The smallest absolute Gasteiger partial charge is 0.408 e. The van der Waals surface area contributed by atoms with Gasteiger partial charge in [0.2, 0.25) is 6.29 Å². The highest BCUT2D eigenvalue weighted by Crippen LogP contribution is 2.34. The number of benzene rings is 2. The van der Waals surface area contributed by atoms with Crippen LogP contribution in [-0.4, -0.2) is 109 Å². The van der Waals surface area contributed by atoms with Crippen molar-refractivity contribution in [2.24, 2.45) is 17.4 Å². The van der Waals surface area contributed by atoms with Crippen molar-refractivity contribution in [2.45, 2.75) is 65.0 Å². The number of nitrogen functional groups attached to an aromatic ring is 1. The van der Waals surface area contributed by atoms with Gasteiger partial charge in [0.15, 0.2) is 0 Å². The number of esters is 1. The molecule has 1 fully saturated rings. The molecule has 0 saturated carbocycles. The van der Waals surface area contributed by atoms with Gasteiger partial charge in [-0.1, -0.05) is 105 Å². The molecule has 16 N–H and O–H groups in total. The summed E-state index contributed by atoms with van der Waals surface area (Å²) in [5.74, 6) is 6.60. The summed E-state index contributed by atoms with van der Waals surface area (Å²) in [6.07, 6.45) is 5.97. The molecule has 26 nitrogen and oxygen atoms in total. The van der Waals surface area contributed by atoms with E-state index in [0.29, 0.717) is 45.7 Å². The van der Waals surface area contributed by atoms with E-state index in [1.54, 1.807) is 12.3 Å². The Morgan fingerprint density at radius 3 is 1.89 bits per heavy atom. The van der Waals surface area contributed by atoms with E-state index < -0.39 is 29.9 Å². The first-order valence-corrected chi connectivity index (χ1v) is 28.2. The van der Waals surface area contributed by atoms with Crippen LogP contribution in [0, 0.1) is 13.8 Å². The van der Waals surface area contributed by atoms with E-state index in [-0.39, 0.29) is 70.8 Å². The average molecular weight is 1350 g/mol. The number of nitrogens with two attached hydrogens (primary N) is 4. The number of pyridine rings is 4. The summed E-state index contributed by atoms with van der Waals surface area (Å²) < 4.78 is 14.9. The number of cyclic esters (lactones) is 1. The molecule has 2 aliphatic rings. The number of hydrazine groups is 1. The number of hydrogen-bond donors (Lipinski definition) is 12. The van der Waals surface area contributed by atoms with Gasteiger partial charge in [-0.15, -0.1) is 0 Å². The van der Waals surface area contributed by atoms with E-state index in [1.807, 2.05) is 70.4 Å². The van der Waals surface area contributed by atoms with Crippen LogP contribution in [0.25, 0.3) is 43.4 Å². The number of aliphatic hydroxyl groups is 1. The summed E-state index contributed by atoms with van der Waals surface area (Å²) in [7, 11) is 0. The van der Waals surface area contributed by atoms with Gasteiger partial charge < -0.3 is 56.5 Å². The summed E-state index contributed by atoms with van der Waals surface area (Å²) in [5.41, 5.74) is 16.7. The lowest BCUT2D eigenvalue weighted by atomic mass is 10.1. The molecule has 1 unspecified atom stereocenters.